The first-order valence-electron chi connectivity index (χ1n) is 16.4. The molecule has 1 heterocycles. The van der Waals surface area contributed by atoms with Crippen LogP contribution in [0.25, 0.3) is 6.08 Å². The van der Waals surface area contributed by atoms with Crippen LogP contribution in [0, 0.1) is 11.8 Å². The molecule has 1 saturated heterocycles. The molecule has 5 unspecified atom stereocenters. The highest BCUT2D eigenvalue weighted by atomic mass is 32.2. The third-order valence-corrected chi connectivity index (χ3v) is 7.54. The van der Waals surface area contributed by atoms with Gasteiger partial charge in [-0.3, -0.25) is 24.2 Å². The SMILES string of the molecule is CCc1cccc(/C=C/CCC(OC(C)(C)C)C(C)C(=O)NC(C(=O)NC(C)C(=O)N2CCCC(C(N)=O)N2)C(C)C)c1.CSC. The smallest absolute Gasteiger partial charge is 0.258 e. The molecule has 1 aliphatic heterocycles. The van der Waals surface area contributed by atoms with Gasteiger partial charge in [0.15, 0.2) is 0 Å². The van der Waals surface area contributed by atoms with Crippen molar-refractivity contribution in [2.24, 2.45) is 17.6 Å². The number of hydrogen-bond donors (Lipinski definition) is 4. The minimum absolute atomic E-state index is 0.227. The van der Waals surface area contributed by atoms with E-state index in [4.69, 9.17) is 10.5 Å². The van der Waals surface area contributed by atoms with Crippen LogP contribution in [-0.2, 0) is 30.3 Å². The first kappa shape index (κ1) is 41.1. The molecular formula is C35H59N5O5S. The van der Waals surface area contributed by atoms with Crippen LogP contribution in [0.2, 0.25) is 0 Å². The Morgan fingerprint density at radius 1 is 1.11 bits per heavy atom. The maximum absolute atomic E-state index is 13.5. The molecule has 260 valence electrons. The number of amides is 4. The lowest BCUT2D eigenvalue weighted by Crippen LogP contribution is -2.61. The molecule has 1 aromatic rings. The van der Waals surface area contributed by atoms with Crippen molar-refractivity contribution in [3.05, 3.63) is 41.5 Å². The summed E-state index contributed by atoms with van der Waals surface area (Å²) in [5.41, 5.74) is 10.2. The Labute approximate surface area is 281 Å². The Kier molecular flexibility index (Phi) is 18.2. The van der Waals surface area contributed by atoms with Gasteiger partial charge in [-0.25, -0.2) is 5.43 Å². The first-order chi connectivity index (χ1) is 21.5. The van der Waals surface area contributed by atoms with Crippen LogP contribution >= 0.6 is 11.8 Å². The summed E-state index contributed by atoms with van der Waals surface area (Å²) in [7, 11) is 0. The number of allylic oxidation sites excluding steroid dienone is 1. The number of benzene rings is 1. The number of primary amides is 1. The van der Waals surface area contributed by atoms with Gasteiger partial charge in [0, 0.05) is 6.54 Å². The molecule has 5 atom stereocenters. The summed E-state index contributed by atoms with van der Waals surface area (Å²) >= 11 is 1.75. The number of carbonyl (C=O) groups excluding carboxylic acids is 4. The number of hydrazine groups is 1. The molecule has 0 aliphatic carbocycles. The molecule has 0 spiro atoms. The maximum atomic E-state index is 13.5. The van der Waals surface area contributed by atoms with Crippen molar-refractivity contribution < 1.29 is 23.9 Å². The van der Waals surface area contributed by atoms with Crippen molar-refractivity contribution in [3.63, 3.8) is 0 Å². The molecule has 2 rings (SSSR count). The van der Waals surface area contributed by atoms with E-state index < -0.39 is 41.5 Å². The molecule has 0 bridgehead atoms. The third kappa shape index (κ3) is 14.7. The van der Waals surface area contributed by atoms with Gasteiger partial charge in [0.1, 0.15) is 18.1 Å². The molecule has 11 heteroatoms. The molecule has 4 amide bonds. The van der Waals surface area contributed by atoms with E-state index in [2.05, 4.69) is 59.4 Å². The molecule has 0 radical (unpaired) electrons. The van der Waals surface area contributed by atoms with Crippen molar-refractivity contribution in [2.75, 3.05) is 19.1 Å². The largest absolute Gasteiger partial charge is 0.372 e. The first-order valence-corrected chi connectivity index (χ1v) is 18.0. The number of thioether (sulfide) groups is 1. The summed E-state index contributed by atoms with van der Waals surface area (Å²) in [5, 5.41) is 6.98. The second kappa shape index (κ2) is 20.4. The van der Waals surface area contributed by atoms with Crippen molar-refractivity contribution >= 4 is 41.5 Å². The number of nitrogens with zero attached hydrogens (tertiary/aromatic N) is 1. The van der Waals surface area contributed by atoms with Crippen molar-refractivity contribution in [2.45, 2.75) is 117 Å². The molecule has 0 saturated carbocycles. The summed E-state index contributed by atoms with van der Waals surface area (Å²) < 4.78 is 6.32. The van der Waals surface area contributed by atoms with Gasteiger partial charge in [-0.1, -0.05) is 64.1 Å². The zero-order chi connectivity index (χ0) is 35.0. The van der Waals surface area contributed by atoms with Crippen LogP contribution in [0.4, 0.5) is 0 Å². The fourth-order valence-corrected chi connectivity index (χ4v) is 5.00. The number of hydrogen-bond acceptors (Lipinski definition) is 7. The van der Waals surface area contributed by atoms with E-state index in [1.54, 1.807) is 18.7 Å². The Morgan fingerprint density at radius 3 is 2.33 bits per heavy atom. The minimum Gasteiger partial charge on any atom is -0.372 e. The summed E-state index contributed by atoms with van der Waals surface area (Å²) in [5.74, 6) is -2.40. The number of aryl methyl sites for hydroxylation is 1. The minimum atomic E-state index is -0.871. The van der Waals surface area contributed by atoms with E-state index in [9.17, 15) is 19.2 Å². The van der Waals surface area contributed by atoms with Gasteiger partial charge in [0.25, 0.3) is 5.91 Å². The van der Waals surface area contributed by atoms with Crippen LogP contribution in [-0.4, -0.2) is 77.5 Å². The van der Waals surface area contributed by atoms with Crippen molar-refractivity contribution in [3.8, 4) is 0 Å². The van der Waals surface area contributed by atoms with E-state index in [1.165, 1.54) is 10.6 Å². The summed E-state index contributed by atoms with van der Waals surface area (Å²) in [6.45, 7) is 15.5. The number of rotatable bonds is 14. The van der Waals surface area contributed by atoms with Crippen molar-refractivity contribution in [1.82, 2.24) is 21.1 Å². The molecule has 1 aromatic carbocycles. The lowest BCUT2D eigenvalue weighted by Gasteiger charge is -2.34. The molecule has 10 nitrogen and oxygen atoms in total. The summed E-state index contributed by atoms with van der Waals surface area (Å²) in [6, 6.07) is 6.06. The van der Waals surface area contributed by atoms with Gasteiger partial charge in [0.05, 0.1) is 17.6 Å². The average Bonchev–Trinajstić information content (AvgIpc) is 3.00. The Balaban J connectivity index is 0.00000338. The lowest BCUT2D eigenvalue weighted by molar-refractivity contribution is -0.143. The molecule has 46 heavy (non-hydrogen) atoms. The predicted molar refractivity (Wildman–Crippen MR) is 189 cm³/mol. The number of carbonyl (C=O) groups is 4. The van der Waals surface area contributed by atoms with Crippen LogP contribution in [0.15, 0.2) is 30.3 Å². The van der Waals surface area contributed by atoms with Gasteiger partial charge in [0.2, 0.25) is 17.7 Å². The standard InChI is InChI=1S/C33H53N5O5.C2H6S/c1-9-24-15-12-16-25(20-24)14-10-11-18-27(43-33(6,7)8)22(4)30(40)36-28(21(2)3)31(41)35-23(5)32(42)38-19-13-17-26(37-38)29(34)39;1-3-2/h10,12,14-16,20-23,26-28,37H,9,11,13,17-19H2,1-8H3,(H2,34,39)(H,35,41)(H,36,40);1-2H3/b14-10+;. The molecule has 5 N–H and O–H groups in total. The van der Waals surface area contributed by atoms with Gasteiger partial charge >= 0.3 is 0 Å². The molecule has 1 fully saturated rings. The van der Waals surface area contributed by atoms with Crippen molar-refractivity contribution in [1.29, 1.82) is 0 Å². The zero-order valence-corrected chi connectivity index (χ0v) is 30.5. The monoisotopic (exact) mass is 661 g/mol. The normalized spacial score (nSPS) is 17.8. The van der Waals surface area contributed by atoms with Crippen LogP contribution in [0.3, 0.4) is 0 Å². The van der Waals surface area contributed by atoms with E-state index in [1.807, 2.05) is 54.1 Å². The fourth-order valence-electron chi connectivity index (χ4n) is 5.00. The van der Waals surface area contributed by atoms with E-state index in [-0.39, 0.29) is 23.8 Å². The zero-order valence-electron chi connectivity index (χ0n) is 29.6. The number of nitrogens with two attached hydrogens (primary N) is 1. The predicted octanol–water partition coefficient (Wildman–Crippen LogP) is 4.47. The topological polar surface area (TPSA) is 143 Å². The van der Waals surface area contributed by atoms with Crippen LogP contribution < -0.4 is 21.8 Å². The van der Waals surface area contributed by atoms with Gasteiger partial charge in [-0.15, -0.1) is 0 Å². The Bertz CT molecular complexity index is 1150. The Morgan fingerprint density at radius 2 is 1.76 bits per heavy atom. The Hall–Kier alpha value is -2.89. The van der Waals surface area contributed by atoms with E-state index in [0.717, 1.165) is 18.4 Å². The highest BCUT2D eigenvalue weighted by molar-refractivity contribution is 7.97. The second-order valence-electron chi connectivity index (χ2n) is 13.2. The number of nitrogens with one attached hydrogen (secondary N) is 3. The van der Waals surface area contributed by atoms with Gasteiger partial charge in [-0.05, 0) is 89.4 Å². The number of ether oxygens (including phenoxy) is 1. The second-order valence-corrected chi connectivity index (χ2v) is 14.0. The lowest BCUT2D eigenvalue weighted by atomic mass is 9.95. The quantitative estimate of drug-likeness (QED) is 0.231. The van der Waals surface area contributed by atoms with E-state index in [0.29, 0.717) is 25.8 Å². The molecule has 1 aliphatic rings. The summed E-state index contributed by atoms with van der Waals surface area (Å²) in [6.07, 6.45) is 11.4. The maximum Gasteiger partial charge on any atom is 0.258 e. The van der Waals surface area contributed by atoms with Crippen LogP contribution in [0.1, 0.15) is 92.2 Å². The van der Waals surface area contributed by atoms with Gasteiger partial charge in [-0.2, -0.15) is 11.8 Å². The third-order valence-electron chi connectivity index (χ3n) is 7.54. The molecule has 0 aromatic heterocycles. The highest BCUT2D eigenvalue weighted by Gasteiger charge is 2.34. The molecular weight excluding hydrogens is 602 g/mol. The van der Waals surface area contributed by atoms with E-state index >= 15 is 0 Å². The van der Waals surface area contributed by atoms with Gasteiger partial charge < -0.3 is 21.1 Å². The average molecular weight is 662 g/mol. The van der Waals surface area contributed by atoms with Crippen LogP contribution in [0.5, 0.6) is 0 Å². The fraction of sp³-hybridized carbons (Fsp3) is 0.657. The highest BCUT2D eigenvalue weighted by Crippen LogP contribution is 2.22. The summed E-state index contributed by atoms with van der Waals surface area (Å²) in [4.78, 5) is 51.3.